The molecule has 0 radical (unpaired) electrons. The smallest absolute Gasteiger partial charge is 0.225 e. The molecule has 3 rings (SSSR count). The number of pyridine rings is 1. The monoisotopic (exact) mass is 289 g/mol. The van der Waals surface area contributed by atoms with Gasteiger partial charge in [-0.05, 0) is 31.0 Å². The van der Waals surface area contributed by atoms with Crippen LogP contribution in [0.4, 0.5) is 5.69 Å². The van der Waals surface area contributed by atoms with Crippen LogP contribution in [0.2, 0.25) is 5.02 Å². The highest BCUT2D eigenvalue weighted by Crippen LogP contribution is 2.26. The molecule has 104 valence electrons. The number of anilines is 1. The van der Waals surface area contributed by atoms with Gasteiger partial charge < -0.3 is 10.6 Å². The average Bonchev–Trinajstić information content (AvgIpc) is 3.22. The zero-order valence-electron chi connectivity index (χ0n) is 11.0. The summed E-state index contributed by atoms with van der Waals surface area (Å²) >= 11 is 6.07. The van der Waals surface area contributed by atoms with Gasteiger partial charge in [-0.3, -0.25) is 9.78 Å². The molecule has 0 bridgehead atoms. The van der Waals surface area contributed by atoms with E-state index < -0.39 is 0 Å². The Morgan fingerprint density at radius 1 is 1.40 bits per heavy atom. The van der Waals surface area contributed by atoms with Crippen molar-refractivity contribution in [2.24, 2.45) is 0 Å². The SMILES string of the molecule is O=C(CCNC1CC1)Nc1cc(Cl)cc2cccnc12. The normalized spacial score (nSPS) is 14.4. The molecule has 0 unspecified atom stereocenters. The van der Waals surface area contributed by atoms with E-state index >= 15 is 0 Å². The molecular formula is C15H16ClN3O. The van der Waals surface area contributed by atoms with Crippen LogP contribution in [0.1, 0.15) is 19.3 Å². The van der Waals surface area contributed by atoms with Gasteiger partial charge >= 0.3 is 0 Å². The molecule has 1 heterocycles. The first-order valence-electron chi connectivity index (χ1n) is 6.80. The number of halogens is 1. The lowest BCUT2D eigenvalue weighted by Crippen LogP contribution is -2.23. The number of nitrogens with one attached hydrogen (secondary N) is 2. The molecule has 2 N–H and O–H groups in total. The van der Waals surface area contributed by atoms with Gasteiger partial charge in [0.2, 0.25) is 5.91 Å². The van der Waals surface area contributed by atoms with E-state index in [2.05, 4.69) is 15.6 Å². The summed E-state index contributed by atoms with van der Waals surface area (Å²) in [6.07, 6.45) is 4.62. The fraction of sp³-hybridized carbons (Fsp3) is 0.333. The van der Waals surface area contributed by atoms with Crippen molar-refractivity contribution in [3.8, 4) is 0 Å². The third-order valence-corrected chi connectivity index (χ3v) is 3.52. The maximum atomic E-state index is 11.9. The summed E-state index contributed by atoms with van der Waals surface area (Å²) in [5, 5.41) is 7.73. The Morgan fingerprint density at radius 3 is 3.05 bits per heavy atom. The Balaban J connectivity index is 1.70. The first kappa shape index (κ1) is 13.3. The predicted molar refractivity (Wildman–Crippen MR) is 81.0 cm³/mol. The van der Waals surface area contributed by atoms with Gasteiger partial charge in [0, 0.05) is 35.6 Å². The number of hydrogen-bond donors (Lipinski definition) is 2. The molecule has 1 aromatic heterocycles. The van der Waals surface area contributed by atoms with Crippen LogP contribution in [0.3, 0.4) is 0 Å². The summed E-state index contributed by atoms with van der Waals surface area (Å²) < 4.78 is 0. The van der Waals surface area contributed by atoms with Crippen LogP contribution in [0.5, 0.6) is 0 Å². The Hall–Kier alpha value is -1.65. The Kier molecular flexibility index (Phi) is 3.85. The van der Waals surface area contributed by atoms with Gasteiger partial charge in [-0.25, -0.2) is 0 Å². The number of fused-ring (bicyclic) bond motifs is 1. The quantitative estimate of drug-likeness (QED) is 0.890. The first-order valence-corrected chi connectivity index (χ1v) is 7.18. The van der Waals surface area contributed by atoms with E-state index in [1.807, 2.05) is 18.2 Å². The minimum absolute atomic E-state index is 0.0210. The first-order chi connectivity index (χ1) is 9.72. The van der Waals surface area contributed by atoms with Crippen LogP contribution in [-0.4, -0.2) is 23.5 Å². The van der Waals surface area contributed by atoms with Gasteiger partial charge in [0.05, 0.1) is 11.2 Å². The number of hydrogen-bond acceptors (Lipinski definition) is 3. The molecule has 4 nitrogen and oxygen atoms in total. The van der Waals surface area contributed by atoms with Crippen molar-refractivity contribution in [2.45, 2.75) is 25.3 Å². The highest BCUT2D eigenvalue weighted by atomic mass is 35.5. The maximum absolute atomic E-state index is 11.9. The van der Waals surface area contributed by atoms with E-state index in [9.17, 15) is 4.79 Å². The van der Waals surface area contributed by atoms with E-state index in [1.165, 1.54) is 12.8 Å². The molecule has 1 amide bonds. The molecule has 0 atom stereocenters. The number of carbonyl (C=O) groups excluding carboxylic acids is 1. The standard InChI is InChI=1S/C15H16ClN3O/c16-11-8-10-2-1-6-18-15(10)13(9-11)19-14(20)5-7-17-12-3-4-12/h1-2,6,8-9,12,17H,3-5,7H2,(H,19,20). The largest absolute Gasteiger partial charge is 0.324 e. The second-order valence-corrected chi connectivity index (χ2v) is 5.49. The van der Waals surface area contributed by atoms with Crippen molar-refractivity contribution < 1.29 is 4.79 Å². The van der Waals surface area contributed by atoms with Crippen molar-refractivity contribution in [3.63, 3.8) is 0 Å². The summed E-state index contributed by atoms with van der Waals surface area (Å²) in [6, 6.07) is 7.98. The van der Waals surface area contributed by atoms with E-state index in [1.54, 1.807) is 12.3 Å². The van der Waals surface area contributed by atoms with Crippen LogP contribution in [-0.2, 0) is 4.79 Å². The minimum Gasteiger partial charge on any atom is -0.324 e. The second kappa shape index (κ2) is 5.77. The number of rotatable bonds is 5. The van der Waals surface area contributed by atoms with Gasteiger partial charge in [0.1, 0.15) is 0 Å². The number of carbonyl (C=O) groups is 1. The lowest BCUT2D eigenvalue weighted by molar-refractivity contribution is -0.116. The van der Waals surface area contributed by atoms with Crippen molar-refractivity contribution in [1.29, 1.82) is 0 Å². The maximum Gasteiger partial charge on any atom is 0.225 e. The lowest BCUT2D eigenvalue weighted by Gasteiger charge is -2.09. The van der Waals surface area contributed by atoms with Crippen molar-refractivity contribution >= 4 is 34.1 Å². The van der Waals surface area contributed by atoms with Gasteiger partial charge in [-0.15, -0.1) is 0 Å². The molecule has 1 aromatic carbocycles. The molecule has 1 aliphatic carbocycles. The fourth-order valence-electron chi connectivity index (χ4n) is 2.14. The molecule has 1 fully saturated rings. The van der Waals surface area contributed by atoms with E-state index in [0.717, 1.165) is 10.9 Å². The summed E-state index contributed by atoms with van der Waals surface area (Å²) in [5.41, 5.74) is 1.44. The highest BCUT2D eigenvalue weighted by Gasteiger charge is 2.20. The molecule has 5 heteroatoms. The van der Waals surface area contributed by atoms with Crippen LogP contribution in [0.15, 0.2) is 30.5 Å². The van der Waals surface area contributed by atoms with Gasteiger partial charge in [0.25, 0.3) is 0 Å². The number of nitrogens with zero attached hydrogens (tertiary/aromatic N) is 1. The number of amides is 1. The zero-order chi connectivity index (χ0) is 13.9. The average molecular weight is 290 g/mol. The predicted octanol–water partition coefficient (Wildman–Crippen LogP) is 2.97. The minimum atomic E-state index is -0.0210. The van der Waals surface area contributed by atoms with Gasteiger partial charge in [-0.1, -0.05) is 17.7 Å². The molecule has 1 saturated carbocycles. The van der Waals surface area contributed by atoms with Crippen molar-refractivity contribution in [2.75, 3.05) is 11.9 Å². The molecule has 20 heavy (non-hydrogen) atoms. The van der Waals surface area contributed by atoms with E-state index in [0.29, 0.717) is 29.7 Å². The van der Waals surface area contributed by atoms with E-state index in [-0.39, 0.29) is 5.91 Å². The molecule has 2 aromatic rings. The summed E-state index contributed by atoms with van der Waals surface area (Å²) in [7, 11) is 0. The Morgan fingerprint density at radius 2 is 2.25 bits per heavy atom. The highest BCUT2D eigenvalue weighted by molar-refractivity contribution is 6.32. The van der Waals surface area contributed by atoms with Gasteiger partial charge in [-0.2, -0.15) is 0 Å². The van der Waals surface area contributed by atoms with E-state index in [4.69, 9.17) is 11.6 Å². The van der Waals surface area contributed by atoms with Gasteiger partial charge in [0.15, 0.2) is 0 Å². The topological polar surface area (TPSA) is 54.0 Å². The Bertz CT molecular complexity index is 640. The Labute approximate surface area is 122 Å². The molecule has 0 saturated heterocycles. The number of benzene rings is 1. The van der Waals surface area contributed by atoms with Crippen LogP contribution in [0, 0.1) is 0 Å². The lowest BCUT2D eigenvalue weighted by atomic mass is 10.2. The molecule has 0 aliphatic heterocycles. The summed E-state index contributed by atoms with van der Waals surface area (Å²) in [4.78, 5) is 16.3. The summed E-state index contributed by atoms with van der Waals surface area (Å²) in [5.74, 6) is -0.0210. The fourth-order valence-corrected chi connectivity index (χ4v) is 2.37. The van der Waals surface area contributed by atoms with Crippen LogP contribution >= 0.6 is 11.6 Å². The zero-order valence-corrected chi connectivity index (χ0v) is 11.8. The number of aromatic nitrogens is 1. The van der Waals surface area contributed by atoms with Crippen molar-refractivity contribution in [3.05, 3.63) is 35.5 Å². The molecule has 0 spiro atoms. The molecular weight excluding hydrogens is 274 g/mol. The van der Waals surface area contributed by atoms with Crippen LogP contribution < -0.4 is 10.6 Å². The third kappa shape index (κ3) is 3.26. The van der Waals surface area contributed by atoms with Crippen molar-refractivity contribution in [1.82, 2.24) is 10.3 Å². The molecule has 1 aliphatic rings. The van der Waals surface area contributed by atoms with Crippen LogP contribution in [0.25, 0.3) is 10.9 Å². The second-order valence-electron chi connectivity index (χ2n) is 5.06. The third-order valence-electron chi connectivity index (χ3n) is 3.31. The summed E-state index contributed by atoms with van der Waals surface area (Å²) in [6.45, 7) is 0.711.